The molecular weight excluding hydrogens is 321 g/mol. The summed E-state index contributed by atoms with van der Waals surface area (Å²) in [7, 11) is 0. The van der Waals surface area contributed by atoms with Gasteiger partial charge in [-0.2, -0.15) is 13.2 Å². The number of rotatable bonds is 4. The largest absolute Gasteiger partial charge is 0.471 e. The molecule has 1 aromatic carbocycles. The van der Waals surface area contributed by atoms with Gasteiger partial charge in [-0.15, -0.1) is 0 Å². The second-order valence-electron chi connectivity index (χ2n) is 5.14. The molecule has 2 amide bonds. The SMILES string of the molecule is Cc1cc(Cl)ccc1NC(=O)C(NC(=O)C(F)(F)F)C(C)C. The van der Waals surface area contributed by atoms with E-state index in [-0.39, 0.29) is 0 Å². The number of benzene rings is 1. The average molecular weight is 337 g/mol. The predicted octanol–water partition coefficient (Wildman–Crippen LogP) is 3.29. The van der Waals surface area contributed by atoms with Crippen molar-refractivity contribution in [1.82, 2.24) is 5.32 Å². The van der Waals surface area contributed by atoms with E-state index in [1.54, 1.807) is 30.4 Å². The zero-order valence-electron chi connectivity index (χ0n) is 12.2. The lowest BCUT2D eigenvalue weighted by atomic mass is 10.0. The van der Waals surface area contributed by atoms with Crippen LogP contribution in [0.2, 0.25) is 5.02 Å². The van der Waals surface area contributed by atoms with E-state index in [1.807, 2.05) is 0 Å². The molecule has 0 aromatic heterocycles. The van der Waals surface area contributed by atoms with Crippen molar-refractivity contribution in [3.05, 3.63) is 28.8 Å². The Hall–Kier alpha value is -1.76. The minimum Gasteiger partial charge on any atom is -0.336 e. The van der Waals surface area contributed by atoms with Crippen LogP contribution >= 0.6 is 11.6 Å². The van der Waals surface area contributed by atoms with Crippen LogP contribution in [0.1, 0.15) is 19.4 Å². The van der Waals surface area contributed by atoms with E-state index in [0.29, 0.717) is 16.3 Å². The van der Waals surface area contributed by atoms with Gasteiger partial charge in [0.15, 0.2) is 0 Å². The summed E-state index contributed by atoms with van der Waals surface area (Å²) < 4.78 is 36.9. The second kappa shape index (κ2) is 7.00. The van der Waals surface area contributed by atoms with Crippen LogP contribution in [0.4, 0.5) is 18.9 Å². The first-order valence-corrected chi connectivity index (χ1v) is 6.85. The standard InChI is InChI=1S/C14H16ClF3N2O2/c1-7(2)11(20-13(22)14(16,17)18)12(21)19-10-5-4-9(15)6-8(10)3/h4-7,11H,1-3H3,(H,19,21)(H,20,22). The third-order valence-electron chi connectivity index (χ3n) is 2.94. The van der Waals surface area contributed by atoms with Crippen LogP contribution in [0.5, 0.6) is 0 Å². The summed E-state index contributed by atoms with van der Waals surface area (Å²) in [4.78, 5) is 23.1. The molecule has 1 atom stereocenters. The molecule has 8 heteroatoms. The van der Waals surface area contributed by atoms with Crippen molar-refractivity contribution in [2.24, 2.45) is 5.92 Å². The molecule has 22 heavy (non-hydrogen) atoms. The van der Waals surface area contributed by atoms with Gasteiger partial charge >= 0.3 is 12.1 Å². The van der Waals surface area contributed by atoms with Gasteiger partial charge in [-0.25, -0.2) is 0 Å². The molecule has 0 heterocycles. The fourth-order valence-corrected chi connectivity index (χ4v) is 1.96. The molecule has 0 radical (unpaired) electrons. The van der Waals surface area contributed by atoms with Crippen molar-refractivity contribution in [3.8, 4) is 0 Å². The van der Waals surface area contributed by atoms with Crippen molar-refractivity contribution in [3.63, 3.8) is 0 Å². The Morgan fingerprint density at radius 1 is 1.23 bits per heavy atom. The molecule has 0 spiro atoms. The fraction of sp³-hybridized carbons (Fsp3) is 0.429. The van der Waals surface area contributed by atoms with Crippen LogP contribution in [0, 0.1) is 12.8 Å². The third kappa shape index (κ3) is 4.91. The smallest absolute Gasteiger partial charge is 0.336 e. The first kappa shape index (κ1) is 18.3. The Morgan fingerprint density at radius 2 is 1.82 bits per heavy atom. The molecule has 0 saturated carbocycles. The first-order chi connectivity index (χ1) is 10.0. The number of halogens is 4. The summed E-state index contributed by atoms with van der Waals surface area (Å²) in [6, 6.07) is 3.39. The highest BCUT2D eigenvalue weighted by atomic mass is 35.5. The Kier molecular flexibility index (Phi) is 5.82. The van der Waals surface area contributed by atoms with Gasteiger partial charge in [-0.05, 0) is 36.6 Å². The van der Waals surface area contributed by atoms with Crippen molar-refractivity contribution >= 4 is 29.1 Å². The second-order valence-corrected chi connectivity index (χ2v) is 5.58. The number of alkyl halides is 3. The lowest BCUT2D eigenvalue weighted by molar-refractivity contribution is -0.175. The van der Waals surface area contributed by atoms with Crippen LogP contribution in [0.25, 0.3) is 0 Å². The number of anilines is 1. The lowest BCUT2D eigenvalue weighted by Gasteiger charge is -2.22. The van der Waals surface area contributed by atoms with E-state index >= 15 is 0 Å². The van der Waals surface area contributed by atoms with Crippen LogP contribution in [0.3, 0.4) is 0 Å². The molecule has 0 aliphatic heterocycles. The van der Waals surface area contributed by atoms with Crippen molar-refractivity contribution in [2.45, 2.75) is 33.0 Å². The molecular formula is C14H16ClF3N2O2. The summed E-state index contributed by atoms with van der Waals surface area (Å²) in [6.45, 7) is 4.77. The molecule has 1 unspecified atom stereocenters. The number of amides is 2. The molecule has 0 aliphatic rings. The maximum absolute atomic E-state index is 12.3. The Balaban J connectivity index is 2.88. The number of hydrogen-bond acceptors (Lipinski definition) is 2. The van der Waals surface area contributed by atoms with Crippen LogP contribution < -0.4 is 10.6 Å². The van der Waals surface area contributed by atoms with Crippen molar-refractivity contribution in [1.29, 1.82) is 0 Å². The summed E-state index contributed by atoms with van der Waals surface area (Å²) in [5.74, 6) is -3.38. The van der Waals surface area contributed by atoms with E-state index in [1.165, 1.54) is 13.8 Å². The molecule has 0 aliphatic carbocycles. The van der Waals surface area contributed by atoms with Gasteiger partial charge in [0.1, 0.15) is 6.04 Å². The molecule has 0 fully saturated rings. The van der Waals surface area contributed by atoms with Gasteiger partial charge in [-0.3, -0.25) is 9.59 Å². The average Bonchev–Trinajstić information content (AvgIpc) is 2.37. The summed E-state index contributed by atoms with van der Waals surface area (Å²) in [5, 5.41) is 4.67. The van der Waals surface area contributed by atoms with Gasteiger partial charge in [0.25, 0.3) is 0 Å². The van der Waals surface area contributed by atoms with Crippen LogP contribution in [-0.2, 0) is 9.59 Å². The van der Waals surface area contributed by atoms with Gasteiger partial charge in [0.05, 0.1) is 0 Å². The fourth-order valence-electron chi connectivity index (χ4n) is 1.74. The third-order valence-corrected chi connectivity index (χ3v) is 3.17. The molecule has 2 N–H and O–H groups in total. The van der Waals surface area contributed by atoms with Gasteiger partial charge in [0, 0.05) is 10.7 Å². The van der Waals surface area contributed by atoms with Crippen LogP contribution in [-0.4, -0.2) is 24.0 Å². The number of nitrogens with one attached hydrogen (secondary N) is 2. The van der Waals surface area contributed by atoms with Gasteiger partial charge in [0.2, 0.25) is 5.91 Å². The van der Waals surface area contributed by atoms with Crippen molar-refractivity contribution < 1.29 is 22.8 Å². The zero-order chi connectivity index (χ0) is 17.1. The minimum absolute atomic E-state index is 0.418. The highest BCUT2D eigenvalue weighted by molar-refractivity contribution is 6.30. The van der Waals surface area contributed by atoms with Crippen LogP contribution in [0.15, 0.2) is 18.2 Å². The number of carbonyl (C=O) groups is 2. The zero-order valence-corrected chi connectivity index (χ0v) is 13.0. The van der Waals surface area contributed by atoms with E-state index in [9.17, 15) is 22.8 Å². The maximum Gasteiger partial charge on any atom is 0.471 e. The first-order valence-electron chi connectivity index (χ1n) is 6.47. The molecule has 1 rings (SSSR count). The molecule has 122 valence electrons. The Bertz CT molecular complexity index is 574. The monoisotopic (exact) mass is 336 g/mol. The Labute approximate surface area is 131 Å². The molecule has 1 aromatic rings. The molecule has 0 saturated heterocycles. The van der Waals surface area contributed by atoms with Gasteiger partial charge < -0.3 is 10.6 Å². The lowest BCUT2D eigenvalue weighted by Crippen LogP contribution is -2.51. The minimum atomic E-state index is -5.04. The topological polar surface area (TPSA) is 58.2 Å². The number of aryl methyl sites for hydroxylation is 1. The van der Waals surface area contributed by atoms with E-state index in [4.69, 9.17) is 11.6 Å². The normalized spacial score (nSPS) is 12.9. The van der Waals surface area contributed by atoms with Gasteiger partial charge in [-0.1, -0.05) is 25.4 Å². The number of hydrogen-bond donors (Lipinski definition) is 2. The highest BCUT2D eigenvalue weighted by Gasteiger charge is 2.41. The predicted molar refractivity (Wildman–Crippen MR) is 77.6 cm³/mol. The summed E-state index contributed by atoms with van der Waals surface area (Å²) >= 11 is 5.79. The molecule has 4 nitrogen and oxygen atoms in total. The summed E-state index contributed by atoms with van der Waals surface area (Å²) in [5.41, 5.74) is 1.08. The van der Waals surface area contributed by atoms with E-state index < -0.39 is 30.0 Å². The highest BCUT2D eigenvalue weighted by Crippen LogP contribution is 2.21. The molecule has 0 bridgehead atoms. The maximum atomic E-state index is 12.3. The number of carbonyl (C=O) groups excluding carboxylic acids is 2. The van der Waals surface area contributed by atoms with Crippen molar-refractivity contribution in [2.75, 3.05) is 5.32 Å². The van der Waals surface area contributed by atoms with E-state index in [0.717, 1.165) is 0 Å². The summed E-state index contributed by atoms with van der Waals surface area (Å²) in [6.07, 6.45) is -5.04. The Morgan fingerprint density at radius 3 is 2.27 bits per heavy atom. The quantitative estimate of drug-likeness (QED) is 0.886. The van der Waals surface area contributed by atoms with E-state index in [2.05, 4.69) is 5.32 Å².